The van der Waals surface area contributed by atoms with Gasteiger partial charge in [-0.25, -0.2) is 9.78 Å². The maximum absolute atomic E-state index is 11.7. The number of imidazole rings is 1. The summed E-state index contributed by atoms with van der Waals surface area (Å²) in [4.78, 5) is 15.9. The summed E-state index contributed by atoms with van der Waals surface area (Å²) in [7, 11) is 1.92. The summed E-state index contributed by atoms with van der Waals surface area (Å²) >= 11 is 0. The van der Waals surface area contributed by atoms with Crippen molar-refractivity contribution in [2.24, 2.45) is 7.05 Å². The van der Waals surface area contributed by atoms with E-state index >= 15 is 0 Å². The molecular weight excluding hydrogens is 328 g/mol. The first-order valence-corrected chi connectivity index (χ1v) is 8.39. The lowest BCUT2D eigenvalue weighted by molar-refractivity contribution is 0.0687. The van der Waals surface area contributed by atoms with Crippen molar-refractivity contribution >= 4 is 11.6 Å². The number of benzene rings is 1. The zero-order valence-electron chi connectivity index (χ0n) is 14.3. The first-order valence-electron chi connectivity index (χ1n) is 8.39. The summed E-state index contributed by atoms with van der Waals surface area (Å²) in [6, 6.07) is 14.0. The predicted octanol–water partition coefficient (Wildman–Crippen LogP) is 3.22. The molecule has 0 saturated carbocycles. The van der Waals surface area contributed by atoms with Crippen LogP contribution in [0.4, 0.5) is 0 Å². The Morgan fingerprint density at radius 3 is 2.77 bits per heavy atom. The highest BCUT2D eigenvalue weighted by Crippen LogP contribution is 2.21. The fraction of sp³-hybridized carbons (Fsp3) is 0.150. The van der Waals surface area contributed by atoms with Crippen LogP contribution in [0.3, 0.4) is 0 Å². The normalized spacial score (nSPS) is 11.1. The maximum atomic E-state index is 11.7. The largest absolute Gasteiger partial charge is 0.477 e. The first kappa shape index (κ1) is 16.1. The molecule has 1 N–H and O–H groups in total. The third-order valence-corrected chi connectivity index (χ3v) is 4.58. The molecule has 0 aliphatic carbocycles. The van der Waals surface area contributed by atoms with Crippen molar-refractivity contribution in [3.63, 3.8) is 0 Å². The van der Waals surface area contributed by atoms with Gasteiger partial charge in [-0.3, -0.25) is 9.08 Å². The van der Waals surface area contributed by atoms with E-state index in [4.69, 9.17) is 0 Å². The van der Waals surface area contributed by atoms with Crippen LogP contribution in [0.2, 0.25) is 0 Å². The Morgan fingerprint density at radius 1 is 1.12 bits per heavy atom. The molecule has 4 aromatic rings. The highest BCUT2D eigenvalue weighted by molar-refractivity contribution is 5.88. The van der Waals surface area contributed by atoms with Crippen LogP contribution < -0.4 is 0 Å². The Morgan fingerprint density at radius 2 is 2.00 bits per heavy atom. The Hall–Kier alpha value is -3.41. The average molecular weight is 346 g/mol. The number of aromatic carboxylic acids is 1. The molecule has 0 bridgehead atoms. The van der Waals surface area contributed by atoms with E-state index < -0.39 is 5.97 Å². The molecule has 6 nitrogen and oxygen atoms in total. The standard InChI is InChI=1S/C20H18N4O2/c1-23-17(9-10-22-23)16-4-2-3-14(13-16)5-6-15-7-8-18-21-11-12-24(18)19(15)20(25)26/h2-4,7-13H,5-6H2,1H3,(H,25,26). The van der Waals surface area contributed by atoms with Gasteiger partial charge in [0, 0.05) is 31.2 Å². The molecule has 130 valence electrons. The minimum atomic E-state index is -0.938. The van der Waals surface area contributed by atoms with E-state index in [2.05, 4.69) is 28.3 Å². The number of hydrogen-bond donors (Lipinski definition) is 1. The van der Waals surface area contributed by atoms with E-state index in [-0.39, 0.29) is 5.69 Å². The zero-order chi connectivity index (χ0) is 18.1. The van der Waals surface area contributed by atoms with Gasteiger partial charge in [-0.05, 0) is 42.2 Å². The van der Waals surface area contributed by atoms with Crippen LogP contribution in [-0.2, 0) is 19.9 Å². The molecule has 0 amide bonds. The van der Waals surface area contributed by atoms with Crippen molar-refractivity contribution in [2.45, 2.75) is 12.8 Å². The predicted molar refractivity (Wildman–Crippen MR) is 98.2 cm³/mol. The van der Waals surface area contributed by atoms with Gasteiger partial charge in [-0.1, -0.05) is 24.3 Å². The van der Waals surface area contributed by atoms with Gasteiger partial charge in [0.1, 0.15) is 11.3 Å². The summed E-state index contributed by atoms with van der Waals surface area (Å²) < 4.78 is 3.47. The number of carboxylic acid groups (broad SMARTS) is 1. The van der Waals surface area contributed by atoms with Crippen molar-refractivity contribution in [3.8, 4) is 11.3 Å². The molecule has 0 aliphatic rings. The van der Waals surface area contributed by atoms with Crippen LogP contribution in [0.25, 0.3) is 16.9 Å². The van der Waals surface area contributed by atoms with E-state index in [0.717, 1.165) is 28.8 Å². The number of aromatic nitrogens is 4. The summed E-state index contributed by atoms with van der Waals surface area (Å²) in [6.07, 6.45) is 6.48. The second-order valence-corrected chi connectivity index (χ2v) is 6.21. The number of nitrogens with zero attached hydrogens (tertiary/aromatic N) is 4. The molecule has 6 heteroatoms. The Balaban J connectivity index is 1.62. The molecule has 0 unspecified atom stereocenters. The fourth-order valence-corrected chi connectivity index (χ4v) is 3.30. The molecule has 0 radical (unpaired) electrons. The van der Waals surface area contributed by atoms with E-state index in [0.29, 0.717) is 12.1 Å². The van der Waals surface area contributed by atoms with Gasteiger partial charge in [0.25, 0.3) is 0 Å². The molecule has 0 saturated heterocycles. The highest BCUT2D eigenvalue weighted by Gasteiger charge is 2.15. The Kier molecular flexibility index (Phi) is 4.01. The van der Waals surface area contributed by atoms with Crippen molar-refractivity contribution in [2.75, 3.05) is 0 Å². The number of rotatable bonds is 5. The Labute approximate surface area is 150 Å². The van der Waals surface area contributed by atoms with E-state index in [1.165, 1.54) is 0 Å². The minimum absolute atomic E-state index is 0.280. The van der Waals surface area contributed by atoms with E-state index in [9.17, 15) is 9.90 Å². The van der Waals surface area contributed by atoms with Crippen LogP contribution in [0.15, 0.2) is 61.1 Å². The average Bonchev–Trinajstić information content (AvgIpc) is 3.28. The number of carbonyl (C=O) groups is 1. The highest BCUT2D eigenvalue weighted by atomic mass is 16.4. The van der Waals surface area contributed by atoms with Gasteiger partial charge in [0.2, 0.25) is 0 Å². The first-order chi connectivity index (χ1) is 12.6. The van der Waals surface area contributed by atoms with Gasteiger partial charge < -0.3 is 5.11 Å². The van der Waals surface area contributed by atoms with Crippen LogP contribution >= 0.6 is 0 Å². The number of hydrogen-bond acceptors (Lipinski definition) is 3. The van der Waals surface area contributed by atoms with E-state index in [1.807, 2.05) is 36.0 Å². The van der Waals surface area contributed by atoms with Gasteiger partial charge in [-0.15, -0.1) is 0 Å². The fourth-order valence-electron chi connectivity index (χ4n) is 3.30. The van der Waals surface area contributed by atoms with Crippen LogP contribution in [0, 0.1) is 0 Å². The number of fused-ring (bicyclic) bond motifs is 1. The molecule has 0 fully saturated rings. The van der Waals surface area contributed by atoms with Gasteiger partial charge in [-0.2, -0.15) is 5.10 Å². The van der Waals surface area contributed by atoms with Crippen LogP contribution in [-0.4, -0.2) is 30.2 Å². The number of carboxylic acids is 1. The molecular formula is C20H18N4O2. The van der Waals surface area contributed by atoms with Crippen LogP contribution in [0.5, 0.6) is 0 Å². The zero-order valence-corrected chi connectivity index (χ0v) is 14.3. The molecule has 26 heavy (non-hydrogen) atoms. The second-order valence-electron chi connectivity index (χ2n) is 6.21. The summed E-state index contributed by atoms with van der Waals surface area (Å²) in [6.45, 7) is 0. The smallest absolute Gasteiger partial charge is 0.353 e. The van der Waals surface area contributed by atoms with Crippen molar-refractivity contribution in [3.05, 3.63) is 77.9 Å². The number of pyridine rings is 1. The quantitative estimate of drug-likeness (QED) is 0.602. The Bertz CT molecular complexity index is 1090. The molecule has 0 atom stereocenters. The van der Waals surface area contributed by atoms with E-state index in [1.54, 1.807) is 23.0 Å². The monoisotopic (exact) mass is 346 g/mol. The third-order valence-electron chi connectivity index (χ3n) is 4.58. The third kappa shape index (κ3) is 2.86. The van der Waals surface area contributed by atoms with Gasteiger partial charge in [0.05, 0.1) is 5.69 Å². The maximum Gasteiger partial charge on any atom is 0.353 e. The number of aryl methyl sites for hydroxylation is 3. The van der Waals surface area contributed by atoms with Crippen molar-refractivity contribution < 1.29 is 9.90 Å². The van der Waals surface area contributed by atoms with Gasteiger partial charge >= 0.3 is 5.97 Å². The van der Waals surface area contributed by atoms with Crippen molar-refractivity contribution in [1.82, 2.24) is 19.2 Å². The lowest BCUT2D eigenvalue weighted by Gasteiger charge is -2.10. The van der Waals surface area contributed by atoms with Crippen LogP contribution in [0.1, 0.15) is 21.6 Å². The SMILES string of the molecule is Cn1nccc1-c1cccc(CCc2ccc3nccn3c2C(=O)O)c1. The summed E-state index contributed by atoms with van der Waals surface area (Å²) in [5.41, 5.74) is 5.04. The molecule has 1 aromatic carbocycles. The molecule has 0 spiro atoms. The molecule has 3 aromatic heterocycles. The molecule has 0 aliphatic heterocycles. The minimum Gasteiger partial charge on any atom is -0.477 e. The summed E-state index contributed by atoms with van der Waals surface area (Å²) in [5.74, 6) is -0.938. The van der Waals surface area contributed by atoms with Gasteiger partial charge in [0.15, 0.2) is 0 Å². The summed E-state index contributed by atoms with van der Waals surface area (Å²) in [5, 5.41) is 13.8. The second kappa shape index (κ2) is 6.48. The lowest BCUT2D eigenvalue weighted by Crippen LogP contribution is -2.10. The van der Waals surface area contributed by atoms with Crippen molar-refractivity contribution in [1.29, 1.82) is 0 Å². The molecule has 3 heterocycles. The topological polar surface area (TPSA) is 72.4 Å². The molecule has 4 rings (SSSR count). The lowest BCUT2D eigenvalue weighted by atomic mass is 10.0.